The van der Waals surface area contributed by atoms with Crippen molar-refractivity contribution in [3.8, 4) is 0 Å². The van der Waals surface area contributed by atoms with Crippen molar-refractivity contribution < 1.29 is 17.9 Å². The minimum absolute atomic E-state index is 0.0570. The molecule has 0 aromatic heterocycles. The van der Waals surface area contributed by atoms with Crippen LogP contribution in [-0.2, 0) is 20.5 Å². The maximum absolute atomic E-state index is 12.2. The van der Waals surface area contributed by atoms with E-state index in [-0.39, 0.29) is 12.3 Å². The van der Waals surface area contributed by atoms with E-state index in [1.807, 2.05) is 30.3 Å². The van der Waals surface area contributed by atoms with E-state index in [1.54, 1.807) is 24.3 Å². The van der Waals surface area contributed by atoms with Crippen molar-refractivity contribution in [2.75, 3.05) is 18.0 Å². The Kier molecular flexibility index (Phi) is 5.82. The van der Waals surface area contributed by atoms with E-state index in [0.717, 1.165) is 5.69 Å². The molecule has 1 atom stereocenters. The van der Waals surface area contributed by atoms with Crippen LogP contribution in [-0.4, -0.2) is 33.7 Å². The molecule has 1 saturated heterocycles. The molecule has 144 valence electrons. The molecule has 2 aromatic carbocycles. The molecule has 0 aliphatic carbocycles. The van der Waals surface area contributed by atoms with Gasteiger partial charge < -0.3 is 4.74 Å². The van der Waals surface area contributed by atoms with E-state index in [1.165, 1.54) is 10.5 Å². The van der Waals surface area contributed by atoms with E-state index in [4.69, 9.17) is 4.74 Å². The van der Waals surface area contributed by atoms with E-state index in [0.29, 0.717) is 18.0 Å². The Morgan fingerprint density at radius 1 is 1.11 bits per heavy atom. The fraction of sp³-hybridized carbons (Fsp3) is 0.350. The first-order valence-corrected chi connectivity index (χ1v) is 10.6. The molecule has 1 amide bonds. The van der Waals surface area contributed by atoms with Crippen LogP contribution in [0.3, 0.4) is 0 Å². The molecule has 0 bridgehead atoms. The van der Waals surface area contributed by atoms with Gasteiger partial charge in [0.25, 0.3) is 0 Å². The van der Waals surface area contributed by atoms with Gasteiger partial charge in [-0.05, 0) is 29.2 Å². The molecule has 3 rings (SSSR count). The zero-order valence-corrected chi connectivity index (χ0v) is 16.3. The number of amides is 1. The first-order valence-electron chi connectivity index (χ1n) is 8.93. The number of hydrogen-bond acceptors (Lipinski definition) is 4. The van der Waals surface area contributed by atoms with Crippen LogP contribution in [0.4, 0.5) is 10.5 Å². The van der Waals surface area contributed by atoms with Crippen LogP contribution in [0, 0.1) is 0 Å². The van der Waals surface area contributed by atoms with Gasteiger partial charge in [-0.2, -0.15) is 0 Å². The maximum Gasteiger partial charge on any atom is 0.414 e. The van der Waals surface area contributed by atoms with Gasteiger partial charge in [0.15, 0.2) is 0 Å². The predicted molar refractivity (Wildman–Crippen MR) is 105 cm³/mol. The van der Waals surface area contributed by atoms with Gasteiger partial charge in [0.05, 0.1) is 12.3 Å². The second-order valence-electron chi connectivity index (χ2n) is 6.96. The summed E-state index contributed by atoms with van der Waals surface area (Å²) in [5.41, 5.74) is 2.65. The number of carbonyl (C=O) groups excluding carboxylic acids is 1. The minimum atomic E-state index is -3.50. The van der Waals surface area contributed by atoms with Crippen molar-refractivity contribution in [1.29, 1.82) is 0 Å². The molecule has 0 saturated carbocycles. The third-order valence-corrected chi connectivity index (χ3v) is 5.80. The summed E-state index contributed by atoms with van der Waals surface area (Å²) in [6.07, 6.45) is -0.979. The number of rotatable bonds is 7. The fourth-order valence-electron chi connectivity index (χ4n) is 2.94. The molecule has 1 aliphatic rings. The number of benzene rings is 2. The third-order valence-electron chi connectivity index (χ3n) is 4.48. The second-order valence-corrected chi connectivity index (χ2v) is 8.76. The smallest absolute Gasteiger partial charge is 0.414 e. The summed E-state index contributed by atoms with van der Waals surface area (Å²) in [6.45, 7) is 4.59. The van der Waals surface area contributed by atoms with E-state index < -0.39 is 22.2 Å². The average Bonchev–Trinajstić information content (AvgIpc) is 3.01. The third kappa shape index (κ3) is 5.08. The Balaban J connectivity index is 1.57. The van der Waals surface area contributed by atoms with Gasteiger partial charge in [-0.1, -0.05) is 56.3 Å². The molecule has 1 aliphatic heterocycles. The van der Waals surface area contributed by atoms with Crippen molar-refractivity contribution in [1.82, 2.24) is 4.72 Å². The van der Waals surface area contributed by atoms with Gasteiger partial charge >= 0.3 is 6.09 Å². The molecule has 1 unspecified atom stereocenters. The summed E-state index contributed by atoms with van der Waals surface area (Å²) in [7, 11) is -3.50. The highest BCUT2D eigenvalue weighted by Crippen LogP contribution is 2.24. The van der Waals surface area contributed by atoms with Gasteiger partial charge in [-0.15, -0.1) is 0 Å². The van der Waals surface area contributed by atoms with Crippen molar-refractivity contribution >= 4 is 21.8 Å². The SMILES string of the molecule is CC(C)c1ccc(N2CC(CNS(=O)(=O)Cc3ccccc3)OC2=O)cc1. The predicted octanol–water partition coefficient (Wildman–Crippen LogP) is 3.25. The monoisotopic (exact) mass is 388 g/mol. The zero-order valence-electron chi connectivity index (χ0n) is 15.5. The minimum Gasteiger partial charge on any atom is -0.443 e. The summed E-state index contributed by atoms with van der Waals surface area (Å²) in [4.78, 5) is 13.7. The number of sulfonamides is 1. The molecule has 2 aromatic rings. The van der Waals surface area contributed by atoms with Crippen LogP contribution in [0.25, 0.3) is 0 Å². The largest absolute Gasteiger partial charge is 0.443 e. The molecule has 7 heteroatoms. The lowest BCUT2D eigenvalue weighted by atomic mass is 10.0. The molecule has 0 radical (unpaired) electrons. The van der Waals surface area contributed by atoms with Crippen LogP contribution in [0.1, 0.15) is 30.9 Å². The van der Waals surface area contributed by atoms with Crippen molar-refractivity contribution in [2.24, 2.45) is 0 Å². The van der Waals surface area contributed by atoms with Crippen LogP contribution in [0.2, 0.25) is 0 Å². The lowest BCUT2D eigenvalue weighted by Crippen LogP contribution is -2.35. The first-order chi connectivity index (χ1) is 12.8. The summed E-state index contributed by atoms with van der Waals surface area (Å²) >= 11 is 0. The Labute approximate surface area is 160 Å². The highest BCUT2D eigenvalue weighted by molar-refractivity contribution is 7.88. The standard InChI is InChI=1S/C20H24N2O4S/c1-15(2)17-8-10-18(11-9-17)22-13-19(26-20(22)23)12-21-27(24,25)14-16-6-4-3-5-7-16/h3-11,15,19,21H,12-14H2,1-2H3. The van der Waals surface area contributed by atoms with Crippen molar-refractivity contribution in [3.63, 3.8) is 0 Å². The highest BCUT2D eigenvalue weighted by atomic mass is 32.2. The summed E-state index contributed by atoms with van der Waals surface area (Å²) in [6, 6.07) is 16.7. The quantitative estimate of drug-likeness (QED) is 0.790. The molecular weight excluding hydrogens is 364 g/mol. The van der Waals surface area contributed by atoms with Gasteiger partial charge in [0.2, 0.25) is 10.0 Å². The highest BCUT2D eigenvalue weighted by Gasteiger charge is 2.33. The van der Waals surface area contributed by atoms with Crippen molar-refractivity contribution in [2.45, 2.75) is 31.6 Å². The number of anilines is 1. The average molecular weight is 388 g/mol. The molecule has 0 spiro atoms. The number of hydrogen-bond donors (Lipinski definition) is 1. The van der Waals surface area contributed by atoms with Gasteiger partial charge in [-0.25, -0.2) is 17.9 Å². The lowest BCUT2D eigenvalue weighted by Gasteiger charge is -2.14. The number of nitrogens with one attached hydrogen (secondary N) is 1. The van der Waals surface area contributed by atoms with Crippen LogP contribution < -0.4 is 9.62 Å². The Morgan fingerprint density at radius 3 is 2.41 bits per heavy atom. The Hall–Kier alpha value is -2.38. The van der Waals surface area contributed by atoms with E-state index >= 15 is 0 Å². The van der Waals surface area contributed by atoms with Crippen molar-refractivity contribution in [3.05, 3.63) is 65.7 Å². The van der Waals surface area contributed by atoms with E-state index in [2.05, 4.69) is 18.6 Å². The molecule has 6 nitrogen and oxygen atoms in total. The fourth-order valence-corrected chi connectivity index (χ4v) is 4.12. The first kappa shape index (κ1) is 19.4. The molecule has 1 heterocycles. The molecule has 1 fully saturated rings. The number of nitrogens with zero attached hydrogens (tertiary/aromatic N) is 1. The normalized spacial score (nSPS) is 17.4. The van der Waals surface area contributed by atoms with Gasteiger partial charge in [-0.3, -0.25) is 4.90 Å². The summed E-state index contributed by atoms with van der Waals surface area (Å²) in [5.74, 6) is 0.311. The zero-order chi connectivity index (χ0) is 19.4. The summed E-state index contributed by atoms with van der Waals surface area (Å²) < 4.78 is 32.3. The van der Waals surface area contributed by atoms with E-state index in [9.17, 15) is 13.2 Å². The van der Waals surface area contributed by atoms with Crippen LogP contribution >= 0.6 is 0 Å². The Morgan fingerprint density at radius 2 is 1.78 bits per heavy atom. The molecular formula is C20H24N2O4S. The number of cyclic esters (lactones) is 1. The maximum atomic E-state index is 12.2. The summed E-state index contributed by atoms with van der Waals surface area (Å²) in [5, 5.41) is 0. The topological polar surface area (TPSA) is 75.7 Å². The molecule has 1 N–H and O–H groups in total. The second kappa shape index (κ2) is 8.10. The van der Waals surface area contributed by atoms with Gasteiger partial charge in [0, 0.05) is 12.2 Å². The Bertz CT molecular complexity index is 880. The molecule has 27 heavy (non-hydrogen) atoms. The lowest BCUT2D eigenvalue weighted by molar-refractivity contribution is 0.143. The van der Waals surface area contributed by atoms with Gasteiger partial charge in [0.1, 0.15) is 6.10 Å². The number of carbonyl (C=O) groups is 1. The number of ether oxygens (including phenoxy) is 1. The van der Waals surface area contributed by atoms with Crippen LogP contribution in [0.5, 0.6) is 0 Å². The van der Waals surface area contributed by atoms with Crippen LogP contribution in [0.15, 0.2) is 54.6 Å².